The van der Waals surface area contributed by atoms with Gasteiger partial charge in [0.15, 0.2) is 0 Å². The fourth-order valence-corrected chi connectivity index (χ4v) is 5.84. The molecule has 0 saturated carbocycles. The summed E-state index contributed by atoms with van der Waals surface area (Å²) in [6.07, 6.45) is 1.78. The largest absolute Gasteiger partial charge is 0.462 e. The summed E-state index contributed by atoms with van der Waals surface area (Å²) in [5.41, 5.74) is 4.31. The van der Waals surface area contributed by atoms with E-state index in [1.54, 1.807) is 6.92 Å². The standard InChI is InChI=1S/C26H25NO3S2/c1-4-8-19-18-9-6-7-10-21(18)32-23(19)24(28)27-25-22(26(29)30-5-2)20(15-31-25)17-13-11-16(3)12-14-17/h6-7,9-15H,4-5,8H2,1-3H3,(H,27,28). The Morgan fingerprint density at radius 2 is 1.78 bits per heavy atom. The molecule has 0 spiro atoms. The van der Waals surface area contributed by atoms with Crippen LogP contribution in [0.1, 0.15) is 51.4 Å². The molecule has 4 nitrogen and oxygen atoms in total. The van der Waals surface area contributed by atoms with Crippen molar-refractivity contribution in [3.05, 3.63) is 75.5 Å². The lowest BCUT2D eigenvalue weighted by Crippen LogP contribution is -2.15. The third-order valence-corrected chi connectivity index (χ3v) is 7.37. The van der Waals surface area contributed by atoms with Gasteiger partial charge in [0.1, 0.15) is 10.6 Å². The number of nitrogens with one attached hydrogen (secondary N) is 1. The molecule has 32 heavy (non-hydrogen) atoms. The van der Waals surface area contributed by atoms with Gasteiger partial charge in [-0.1, -0.05) is 61.4 Å². The first-order valence-electron chi connectivity index (χ1n) is 10.7. The van der Waals surface area contributed by atoms with Crippen molar-refractivity contribution in [2.45, 2.75) is 33.6 Å². The third kappa shape index (κ3) is 4.33. The van der Waals surface area contributed by atoms with Crippen LogP contribution in [-0.4, -0.2) is 18.5 Å². The van der Waals surface area contributed by atoms with E-state index < -0.39 is 5.97 Å². The number of aryl methyl sites for hydroxylation is 2. The number of hydrogen-bond donors (Lipinski definition) is 1. The number of ether oxygens (including phenoxy) is 1. The van der Waals surface area contributed by atoms with E-state index in [-0.39, 0.29) is 12.5 Å². The lowest BCUT2D eigenvalue weighted by Gasteiger charge is -2.09. The molecule has 164 valence electrons. The number of carbonyl (C=O) groups is 2. The maximum atomic E-state index is 13.4. The van der Waals surface area contributed by atoms with Gasteiger partial charge in [-0.05, 0) is 42.8 Å². The van der Waals surface area contributed by atoms with Crippen molar-refractivity contribution < 1.29 is 14.3 Å². The molecule has 4 rings (SSSR count). The van der Waals surface area contributed by atoms with Crippen LogP contribution in [0.3, 0.4) is 0 Å². The highest BCUT2D eigenvalue weighted by Crippen LogP contribution is 2.38. The number of hydrogen-bond acceptors (Lipinski definition) is 5. The number of amides is 1. The predicted octanol–water partition coefficient (Wildman–Crippen LogP) is 7.32. The van der Waals surface area contributed by atoms with Gasteiger partial charge in [-0.15, -0.1) is 22.7 Å². The molecule has 0 fully saturated rings. The van der Waals surface area contributed by atoms with Gasteiger partial charge in [0, 0.05) is 15.6 Å². The summed E-state index contributed by atoms with van der Waals surface area (Å²) < 4.78 is 6.43. The molecule has 0 bridgehead atoms. The molecule has 1 amide bonds. The first kappa shape index (κ1) is 22.2. The first-order chi connectivity index (χ1) is 15.5. The van der Waals surface area contributed by atoms with E-state index in [1.807, 2.05) is 54.8 Å². The molecule has 0 aliphatic carbocycles. The van der Waals surface area contributed by atoms with E-state index in [1.165, 1.54) is 22.7 Å². The highest BCUT2D eigenvalue weighted by atomic mass is 32.1. The second kappa shape index (κ2) is 9.67. The second-order valence-electron chi connectivity index (χ2n) is 7.55. The van der Waals surface area contributed by atoms with Crippen molar-refractivity contribution in [3.8, 4) is 11.1 Å². The van der Waals surface area contributed by atoms with Gasteiger partial charge in [0.05, 0.1) is 11.5 Å². The highest BCUT2D eigenvalue weighted by Gasteiger charge is 2.25. The Kier molecular flexibility index (Phi) is 6.72. The minimum atomic E-state index is -0.426. The van der Waals surface area contributed by atoms with Crippen LogP contribution in [0.25, 0.3) is 21.2 Å². The quantitative estimate of drug-likeness (QED) is 0.292. The van der Waals surface area contributed by atoms with Crippen LogP contribution < -0.4 is 5.32 Å². The van der Waals surface area contributed by atoms with Crippen molar-refractivity contribution in [2.24, 2.45) is 0 Å². The SMILES string of the molecule is CCCc1c(C(=O)Nc2scc(-c3ccc(C)cc3)c2C(=O)OCC)sc2ccccc12. The van der Waals surface area contributed by atoms with Crippen LogP contribution >= 0.6 is 22.7 Å². The van der Waals surface area contributed by atoms with Crippen molar-refractivity contribution in [2.75, 3.05) is 11.9 Å². The maximum absolute atomic E-state index is 13.4. The molecule has 0 aliphatic heterocycles. The minimum absolute atomic E-state index is 0.183. The number of thiophene rings is 2. The predicted molar refractivity (Wildman–Crippen MR) is 134 cm³/mol. The van der Waals surface area contributed by atoms with Gasteiger partial charge < -0.3 is 10.1 Å². The van der Waals surface area contributed by atoms with Gasteiger partial charge >= 0.3 is 5.97 Å². The Labute approximate surface area is 195 Å². The summed E-state index contributed by atoms with van der Waals surface area (Å²) in [6.45, 7) is 6.18. The zero-order valence-electron chi connectivity index (χ0n) is 18.4. The lowest BCUT2D eigenvalue weighted by molar-refractivity contribution is 0.0529. The van der Waals surface area contributed by atoms with E-state index in [0.717, 1.165) is 45.2 Å². The summed E-state index contributed by atoms with van der Waals surface area (Å²) in [5.74, 6) is -0.609. The molecule has 0 unspecified atom stereocenters. The van der Waals surface area contributed by atoms with Gasteiger partial charge in [0.25, 0.3) is 5.91 Å². The summed E-state index contributed by atoms with van der Waals surface area (Å²) in [4.78, 5) is 26.9. The number of rotatable bonds is 7. The average Bonchev–Trinajstić information content (AvgIpc) is 3.37. The van der Waals surface area contributed by atoms with Gasteiger partial charge in [-0.3, -0.25) is 4.79 Å². The van der Waals surface area contributed by atoms with Crippen LogP contribution in [0.15, 0.2) is 53.9 Å². The fourth-order valence-electron chi connectivity index (χ4n) is 3.74. The summed E-state index contributed by atoms with van der Waals surface area (Å²) in [6, 6.07) is 16.1. The minimum Gasteiger partial charge on any atom is -0.462 e. The van der Waals surface area contributed by atoms with Crippen LogP contribution in [0.4, 0.5) is 5.00 Å². The smallest absolute Gasteiger partial charge is 0.341 e. The summed E-state index contributed by atoms with van der Waals surface area (Å²) >= 11 is 2.85. The number of anilines is 1. The number of carbonyl (C=O) groups excluding carboxylic acids is 2. The molecule has 0 atom stereocenters. The van der Waals surface area contributed by atoms with Crippen molar-refractivity contribution in [1.29, 1.82) is 0 Å². The maximum Gasteiger partial charge on any atom is 0.341 e. The fraction of sp³-hybridized carbons (Fsp3) is 0.231. The molecule has 2 aromatic heterocycles. The molecule has 2 heterocycles. The van der Waals surface area contributed by atoms with E-state index in [2.05, 4.69) is 18.3 Å². The molecule has 0 saturated heterocycles. The van der Waals surface area contributed by atoms with Crippen molar-refractivity contribution >= 4 is 49.6 Å². The van der Waals surface area contributed by atoms with Crippen LogP contribution in [0.5, 0.6) is 0 Å². The second-order valence-corrected chi connectivity index (χ2v) is 9.48. The van der Waals surface area contributed by atoms with Crippen LogP contribution in [-0.2, 0) is 11.2 Å². The van der Waals surface area contributed by atoms with E-state index in [9.17, 15) is 9.59 Å². The molecular weight excluding hydrogens is 438 g/mol. The zero-order valence-corrected chi connectivity index (χ0v) is 20.0. The van der Waals surface area contributed by atoms with Crippen molar-refractivity contribution in [3.63, 3.8) is 0 Å². The molecule has 4 aromatic rings. The monoisotopic (exact) mass is 463 g/mol. The molecular formula is C26H25NO3S2. The van der Waals surface area contributed by atoms with Gasteiger partial charge in [0.2, 0.25) is 0 Å². The molecule has 2 aromatic carbocycles. The van der Waals surface area contributed by atoms with E-state index in [4.69, 9.17) is 4.74 Å². The number of benzene rings is 2. The topological polar surface area (TPSA) is 55.4 Å². The van der Waals surface area contributed by atoms with E-state index in [0.29, 0.717) is 15.4 Å². The Balaban J connectivity index is 1.74. The Morgan fingerprint density at radius 1 is 1.03 bits per heavy atom. The highest BCUT2D eigenvalue weighted by molar-refractivity contribution is 7.21. The molecule has 1 N–H and O–H groups in total. The van der Waals surface area contributed by atoms with Crippen LogP contribution in [0.2, 0.25) is 0 Å². The number of esters is 1. The van der Waals surface area contributed by atoms with Gasteiger partial charge in [-0.25, -0.2) is 4.79 Å². The zero-order chi connectivity index (χ0) is 22.7. The Morgan fingerprint density at radius 3 is 2.50 bits per heavy atom. The average molecular weight is 464 g/mol. The third-order valence-electron chi connectivity index (χ3n) is 5.26. The van der Waals surface area contributed by atoms with E-state index >= 15 is 0 Å². The Bertz CT molecular complexity index is 1270. The van der Waals surface area contributed by atoms with Gasteiger partial charge in [-0.2, -0.15) is 0 Å². The molecule has 0 radical (unpaired) electrons. The van der Waals surface area contributed by atoms with Crippen molar-refractivity contribution in [1.82, 2.24) is 0 Å². The number of fused-ring (bicyclic) bond motifs is 1. The molecule has 0 aliphatic rings. The normalized spacial score (nSPS) is 11.0. The first-order valence-corrected chi connectivity index (χ1v) is 12.4. The summed E-state index contributed by atoms with van der Waals surface area (Å²) in [5, 5.41) is 6.57. The Hall–Kier alpha value is -2.96. The molecule has 6 heteroatoms. The lowest BCUT2D eigenvalue weighted by atomic mass is 10.0. The summed E-state index contributed by atoms with van der Waals surface area (Å²) in [7, 11) is 0. The van der Waals surface area contributed by atoms with Crippen LogP contribution in [0, 0.1) is 6.92 Å².